The molecule has 0 amide bonds. The molecule has 0 saturated heterocycles. The second-order valence-electron chi connectivity index (χ2n) is 4.67. The summed E-state index contributed by atoms with van der Waals surface area (Å²) in [4.78, 5) is 26.5. The van der Waals surface area contributed by atoms with Crippen molar-refractivity contribution >= 4 is 18.1 Å². The van der Waals surface area contributed by atoms with E-state index in [1.807, 2.05) is 0 Å². The van der Waals surface area contributed by atoms with Gasteiger partial charge >= 0.3 is 5.97 Å². The van der Waals surface area contributed by atoms with Crippen LogP contribution in [0, 0.1) is 38.6 Å². The van der Waals surface area contributed by atoms with E-state index in [4.69, 9.17) is 20.4 Å². The maximum atomic E-state index is 9.82. The molecule has 0 radical (unpaired) electrons. The SMILES string of the molecule is CCOC(C)=O.Cc1cccc2c1=c1ccccc1=2.N=C=O.N=C=O. The lowest BCUT2D eigenvalue weighted by Gasteiger charge is -2.06. The highest BCUT2D eigenvalue weighted by Crippen LogP contribution is 2.15. The predicted molar refractivity (Wildman–Crippen MR) is 92.1 cm³/mol. The summed E-state index contributed by atoms with van der Waals surface area (Å²) < 4.78 is 4.40. The van der Waals surface area contributed by atoms with Gasteiger partial charge in [0.15, 0.2) is 0 Å². The third kappa shape index (κ3) is 6.75. The molecule has 0 saturated carbocycles. The van der Waals surface area contributed by atoms with Gasteiger partial charge in [0.25, 0.3) is 0 Å². The molecular formula is C19H20N2O4. The quantitative estimate of drug-likeness (QED) is 0.402. The van der Waals surface area contributed by atoms with Gasteiger partial charge in [-0.3, -0.25) is 4.79 Å². The molecule has 1 aliphatic carbocycles. The first-order chi connectivity index (χ1) is 12.0. The molecule has 130 valence electrons. The van der Waals surface area contributed by atoms with E-state index in [9.17, 15) is 4.79 Å². The number of hydrogen-bond donors (Lipinski definition) is 2. The van der Waals surface area contributed by atoms with Gasteiger partial charge < -0.3 is 4.74 Å². The Morgan fingerprint density at radius 3 is 1.88 bits per heavy atom. The van der Waals surface area contributed by atoms with E-state index in [2.05, 4.69) is 54.1 Å². The molecule has 0 unspecified atom stereocenters. The maximum absolute atomic E-state index is 9.82. The number of isocyanates is 2. The summed E-state index contributed by atoms with van der Waals surface area (Å²) in [7, 11) is 0. The van der Waals surface area contributed by atoms with Crippen molar-refractivity contribution in [2.75, 3.05) is 6.61 Å². The molecule has 0 spiro atoms. The standard InChI is InChI=1S/C13H10.C4H8O2.2CHNO/c1-9-5-4-8-12-10-6-2-3-7-11(10)13(9)12;1-3-6-4(2)5;2*2-1-3/h2-8H,1H3;3H2,1-2H3;2*2H. The van der Waals surface area contributed by atoms with Gasteiger partial charge in [-0.15, -0.1) is 0 Å². The van der Waals surface area contributed by atoms with Crippen LogP contribution in [-0.4, -0.2) is 24.7 Å². The molecule has 6 nitrogen and oxygen atoms in total. The van der Waals surface area contributed by atoms with E-state index in [0.717, 1.165) is 12.2 Å². The maximum Gasteiger partial charge on any atom is 0.302 e. The molecule has 3 rings (SSSR count). The number of carbonyl (C=O) groups excluding carboxylic acids is 3. The number of aryl methyl sites for hydroxylation is 1. The van der Waals surface area contributed by atoms with Gasteiger partial charge in [-0.1, -0.05) is 42.5 Å². The molecule has 2 aromatic rings. The summed E-state index contributed by atoms with van der Waals surface area (Å²) >= 11 is 0. The van der Waals surface area contributed by atoms with Crippen molar-refractivity contribution in [3.8, 4) is 0 Å². The van der Waals surface area contributed by atoms with Crippen molar-refractivity contribution < 1.29 is 19.1 Å². The number of esters is 1. The fraction of sp³-hybridized carbons (Fsp3) is 0.211. The van der Waals surface area contributed by atoms with Crippen LogP contribution < -0.4 is 0 Å². The number of fused-ring (bicyclic) bond motifs is 2. The van der Waals surface area contributed by atoms with Gasteiger partial charge in [-0.05, 0) is 40.3 Å². The van der Waals surface area contributed by atoms with E-state index in [-0.39, 0.29) is 5.97 Å². The first-order valence-corrected chi connectivity index (χ1v) is 7.38. The molecule has 0 aliphatic heterocycles. The van der Waals surface area contributed by atoms with Crippen molar-refractivity contribution in [3.63, 3.8) is 0 Å². The van der Waals surface area contributed by atoms with E-state index in [0.29, 0.717) is 6.61 Å². The molecule has 0 heterocycles. The fourth-order valence-electron chi connectivity index (χ4n) is 2.33. The zero-order valence-electron chi connectivity index (χ0n) is 14.4. The third-order valence-electron chi connectivity index (χ3n) is 3.11. The molecule has 2 aromatic carbocycles. The van der Waals surface area contributed by atoms with E-state index in [1.54, 1.807) is 6.92 Å². The number of rotatable bonds is 1. The Balaban J connectivity index is 0.000000407. The zero-order valence-corrected chi connectivity index (χ0v) is 14.4. The van der Waals surface area contributed by atoms with Crippen LogP contribution in [0.1, 0.15) is 19.4 Å². The van der Waals surface area contributed by atoms with Crippen LogP contribution in [0.3, 0.4) is 0 Å². The lowest BCUT2D eigenvalue weighted by Crippen LogP contribution is -1.95. The highest BCUT2D eigenvalue weighted by Gasteiger charge is 2.01. The predicted octanol–water partition coefficient (Wildman–Crippen LogP) is 3.25. The minimum absolute atomic E-state index is 0.211. The molecule has 0 bridgehead atoms. The second kappa shape index (κ2) is 12.1. The highest BCUT2D eigenvalue weighted by molar-refractivity contribution is 5.65. The Labute approximate surface area is 145 Å². The van der Waals surface area contributed by atoms with E-state index in [1.165, 1.54) is 33.4 Å². The Hall–Kier alpha value is -3.33. The van der Waals surface area contributed by atoms with Gasteiger partial charge in [-0.2, -0.15) is 0 Å². The molecule has 1 aliphatic rings. The number of hydrogen-bond acceptors (Lipinski definition) is 6. The monoisotopic (exact) mass is 340 g/mol. The average molecular weight is 340 g/mol. The zero-order chi connectivity index (χ0) is 19.2. The first-order valence-electron chi connectivity index (χ1n) is 7.38. The average Bonchev–Trinajstić information content (AvgIpc) is 2.54. The molecule has 25 heavy (non-hydrogen) atoms. The molecule has 0 fully saturated rings. The lowest BCUT2D eigenvalue weighted by atomic mass is 9.98. The summed E-state index contributed by atoms with van der Waals surface area (Å²) in [6.45, 7) is 5.83. The van der Waals surface area contributed by atoms with Crippen LogP contribution in [-0.2, 0) is 19.1 Å². The van der Waals surface area contributed by atoms with Crippen LogP contribution in [0.4, 0.5) is 0 Å². The summed E-state index contributed by atoms with van der Waals surface area (Å²) in [5.41, 5.74) is 1.39. The number of nitrogens with one attached hydrogen (secondary N) is 2. The largest absolute Gasteiger partial charge is 0.466 e. The van der Waals surface area contributed by atoms with Gasteiger partial charge in [0.05, 0.1) is 6.61 Å². The summed E-state index contributed by atoms with van der Waals surface area (Å²) in [5.74, 6) is -0.211. The number of benzene rings is 2. The first kappa shape index (κ1) is 21.7. The molecular weight excluding hydrogens is 320 g/mol. The van der Waals surface area contributed by atoms with Crippen LogP contribution in [0.25, 0.3) is 0 Å². The number of carbonyl (C=O) groups is 1. The Morgan fingerprint density at radius 2 is 1.44 bits per heavy atom. The van der Waals surface area contributed by atoms with Crippen molar-refractivity contribution in [1.82, 2.24) is 0 Å². The summed E-state index contributed by atoms with van der Waals surface area (Å²) in [6, 6.07) is 15.1. The molecule has 0 aromatic heterocycles. The second-order valence-corrected chi connectivity index (χ2v) is 4.67. The Bertz CT molecular complexity index is 944. The van der Waals surface area contributed by atoms with Crippen molar-refractivity contribution in [2.45, 2.75) is 20.8 Å². The normalized spacial score (nSPS) is 8.44. The van der Waals surface area contributed by atoms with Crippen molar-refractivity contribution in [2.24, 2.45) is 0 Å². The van der Waals surface area contributed by atoms with Gasteiger partial charge in [0.2, 0.25) is 12.2 Å². The van der Waals surface area contributed by atoms with Crippen LogP contribution in [0.2, 0.25) is 0 Å². The summed E-state index contributed by atoms with van der Waals surface area (Å²) in [5, 5.41) is 16.5. The summed E-state index contributed by atoms with van der Waals surface area (Å²) in [6.07, 6.45) is 1.50. The minimum atomic E-state index is -0.211. The lowest BCUT2D eigenvalue weighted by molar-refractivity contribution is -0.140. The van der Waals surface area contributed by atoms with Crippen molar-refractivity contribution in [1.29, 1.82) is 10.8 Å². The Kier molecular flexibility index (Phi) is 10.5. The van der Waals surface area contributed by atoms with Crippen LogP contribution >= 0.6 is 0 Å². The van der Waals surface area contributed by atoms with E-state index < -0.39 is 0 Å². The van der Waals surface area contributed by atoms with Crippen LogP contribution in [0.5, 0.6) is 0 Å². The van der Waals surface area contributed by atoms with E-state index >= 15 is 0 Å². The Morgan fingerprint density at radius 1 is 0.960 bits per heavy atom. The van der Waals surface area contributed by atoms with Crippen LogP contribution in [0.15, 0.2) is 42.5 Å². The van der Waals surface area contributed by atoms with Gasteiger partial charge in [-0.25, -0.2) is 20.4 Å². The topological polar surface area (TPSA) is 108 Å². The minimum Gasteiger partial charge on any atom is -0.466 e. The fourth-order valence-corrected chi connectivity index (χ4v) is 2.33. The number of ether oxygens (including phenoxy) is 1. The van der Waals surface area contributed by atoms with Crippen molar-refractivity contribution in [3.05, 3.63) is 68.9 Å². The third-order valence-corrected chi connectivity index (χ3v) is 3.11. The van der Waals surface area contributed by atoms with Gasteiger partial charge in [0.1, 0.15) is 0 Å². The molecule has 6 heteroatoms. The van der Waals surface area contributed by atoms with Gasteiger partial charge in [0, 0.05) is 6.92 Å². The highest BCUT2D eigenvalue weighted by atomic mass is 16.5. The molecule has 0 atom stereocenters. The molecule has 2 N–H and O–H groups in total. The smallest absolute Gasteiger partial charge is 0.302 e.